The fourth-order valence-corrected chi connectivity index (χ4v) is 8.38. The van der Waals surface area contributed by atoms with Crippen LogP contribution in [0.15, 0.2) is 96.2 Å². The van der Waals surface area contributed by atoms with Crippen molar-refractivity contribution in [1.82, 2.24) is 4.98 Å². The Labute approximate surface area is 286 Å². The van der Waals surface area contributed by atoms with Gasteiger partial charge >= 0.3 is 18.3 Å². The highest BCUT2D eigenvalue weighted by Crippen LogP contribution is 2.54. The first-order chi connectivity index (χ1) is 23.9. The second-order valence-electron chi connectivity index (χ2n) is 11.9. The van der Waals surface area contributed by atoms with E-state index in [1.165, 1.54) is 12.4 Å². The van der Waals surface area contributed by atoms with E-state index in [2.05, 4.69) is 9.72 Å². The van der Waals surface area contributed by atoms with Gasteiger partial charge in [-0.3, -0.25) is 9.78 Å². The van der Waals surface area contributed by atoms with Crippen LogP contribution in [-0.4, -0.2) is 37.8 Å². The average molecular weight is 746 g/mol. The molecule has 5 rings (SSSR count). The van der Waals surface area contributed by atoms with Crippen LogP contribution >= 0.6 is 0 Å². The van der Waals surface area contributed by atoms with Crippen LogP contribution in [0.2, 0.25) is 0 Å². The maximum absolute atomic E-state index is 14.5. The van der Waals surface area contributed by atoms with E-state index in [-0.39, 0.29) is 42.6 Å². The van der Waals surface area contributed by atoms with Crippen LogP contribution in [0.3, 0.4) is 0 Å². The van der Waals surface area contributed by atoms with Crippen molar-refractivity contribution in [2.75, 3.05) is 0 Å². The third-order valence-corrected chi connectivity index (χ3v) is 11.5. The van der Waals surface area contributed by atoms with E-state index >= 15 is 0 Å². The molecule has 0 bridgehead atoms. The van der Waals surface area contributed by atoms with E-state index in [4.69, 9.17) is 4.74 Å². The number of esters is 1. The molecule has 0 atom stereocenters. The number of carbonyl (C=O) groups excluding carboxylic acids is 1. The van der Waals surface area contributed by atoms with Crippen molar-refractivity contribution >= 4 is 15.8 Å². The Hall–Kier alpha value is -4.44. The van der Waals surface area contributed by atoms with E-state index in [1.807, 2.05) is 0 Å². The van der Waals surface area contributed by atoms with Gasteiger partial charge in [-0.2, -0.15) is 26.3 Å². The molecular formula is C35H28F9NO5S. The first-order valence-corrected chi connectivity index (χ1v) is 16.8. The van der Waals surface area contributed by atoms with Gasteiger partial charge in [0.1, 0.15) is 28.3 Å². The Morgan fingerprint density at radius 1 is 0.784 bits per heavy atom. The molecule has 1 aromatic heterocycles. The number of pyridine rings is 1. The third kappa shape index (κ3) is 7.34. The molecule has 0 unspecified atom stereocenters. The lowest BCUT2D eigenvalue weighted by atomic mass is 9.80. The summed E-state index contributed by atoms with van der Waals surface area (Å²) in [5.74, 6) is -4.25. The predicted octanol–water partition coefficient (Wildman–Crippen LogP) is 8.43. The molecule has 1 heterocycles. The number of hydrogen-bond acceptors (Lipinski definition) is 6. The van der Waals surface area contributed by atoms with Crippen molar-refractivity contribution in [1.29, 1.82) is 0 Å². The van der Waals surface area contributed by atoms with Crippen LogP contribution in [0.1, 0.15) is 47.9 Å². The highest BCUT2D eigenvalue weighted by Gasteiger charge is 2.73. The normalized spacial score (nSPS) is 18.7. The van der Waals surface area contributed by atoms with Crippen molar-refractivity contribution in [3.05, 3.63) is 131 Å². The average Bonchev–Trinajstić information content (AvgIpc) is 3.06. The smallest absolute Gasteiger partial charge is 0.430 e. The quantitative estimate of drug-likeness (QED) is 0.0922. The van der Waals surface area contributed by atoms with Crippen molar-refractivity contribution in [3.8, 4) is 0 Å². The second kappa shape index (κ2) is 14.3. The summed E-state index contributed by atoms with van der Waals surface area (Å²) in [5, 5.41) is 0. The lowest BCUT2D eigenvalue weighted by Crippen LogP contribution is -2.56. The van der Waals surface area contributed by atoms with Crippen LogP contribution in [0.4, 0.5) is 39.5 Å². The molecule has 0 radical (unpaired) electrons. The number of halogens is 9. The summed E-state index contributed by atoms with van der Waals surface area (Å²) in [4.78, 5) is 16.1. The lowest BCUT2D eigenvalue weighted by Gasteiger charge is -2.41. The molecule has 6 nitrogen and oxygen atoms in total. The molecule has 0 N–H and O–H groups in total. The molecule has 0 saturated heterocycles. The van der Waals surface area contributed by atoms with E-state index in [9.17, 15) is 52.7 Å². The second-order valence-corrected chi connectivity index (χ2v) is 14.2. The van der Waals surface area contributed by atoms with Crippen LogP contribution in [0.5, 0.6) is 0 Å². The molecule has 0 spiro atoms. The van der Waals surface area contributed by atoms with E-state index < -0.39 is 79.8 Å². The zero-order chi connectivity index (χ0) is 37.2. The monoisotopic (exact) mass is 745 g/mol. The number of carbonyl (C=O) groups is 1. The first-order valence-electron chi connectivity index (χ1n) is 15.3. The fraction of sp³-hybridized carbons (Fsp3) is 0.314. The Bertz CT molecular complexity index is 1910. The Kier molecular flexibility index (Phi) is 10.6. The molecule has 0 amide bonds. The first kappa shape index (κ1) is 37.8. The SMILES string of the molecule is O=C(Cc1ccncc1)OC1CCC(c2ccc(C(OCc3c(F)cccc3F)(C(F)(F)F)C(F)(F)F)cc2)(S(=O)(=O)c2ccc(F)cc2)CC1. The van der Waals surface area contributed by atoms with Gasteiger partial charge in [-0.15, -0.1) is 0 Å². The molecule has 1 aliphatic rings. The van der Waals surface area contributed by atoms with Gasteiger partial charge in [0.2, 0.25) is 0 Å². The molecular weight excluding hydrogens is 717 g/mol. The van der Waals surface area contributed by atoms with Crippen LogP contribution in [-0.2, 0) is 47.5 Å². The number of nitrogens with zero attached hydrogens (tertiary/aromatic N) is 1. The summed E-state index contributed by atoms with van der Waals surface area (Å²) in [6.07, 6.45) is -11.0. The van der Waals surface area contributed by atoms with Gasteiger partial charge in [0.25, 0.3) is 5.60 Å². The number of benzene rings is 3. The number of aromatic nitrogens is 1. The minimum atomic E-state index is -6.22. The Balaban J connectivity index is 1.52. The van der Waals surface area contributed by atoms with Gasteiger partial charge in [-0.25, -0.2) is 21.6 Å². The van der Waals surface area contributed by atoms with Crippen LogP contribution in [0, 0.1) is 17.5 Å². The maximum atomic E-state index is 14.5. The summed E-state index contributed by atoms with van der Waals surface area (Å²) in [6.45, 7) is -1.76. The molecule has 1 fully saturated rings. The largest absolute Gasteiger partial charge is 0.462 e. The zero-order valence-corrected chi connectivity index (χ0v) is 27.1. The van der Waals surface area contributed by atoms with Crippen LogP contribution in [0.25, 0.3) is 0 Å². The number of sulfone groups is 1. The number of alkyl halides is 6. The van der Waals surface area contributed by atoms with E-state index in [0.29, 0.717) is 29.8 Å². The number of ether oxygens (including phenoxy) is 2. The van der Waals surface area contributed by atoms with Gasteiger partial charge in [0.05, 0.1) is 17.9 Å². The van der Waals surface area contributed by atoms with Gasteiger partial charge in [-0.05, 0) is 85.3 Å². The highest BCUT2D eigenvalue weighted by atomic mass is 32.2. The van der Waals surface area contributed by atoms with Crippen molar-refractivity contribution in [2.24, 2.45) is 0 Å². The van der Waals surface area contributed by atoms with Crippen molar-refractivity contribution in [3.63, 3.8) is 0 Å². The summed E-state index contributed by atoms with van der Waals surface area (Å²) in [6, 6.07) is 11.4. The van der Waals surface area contributed by atoms with Crippen molar-refractivity contribution < 1.29 is 62.2 Å². The minimum absolute atomic E-state index is 0.0589. The maximum Gasteiger partial charge on any atom is 0.430 e. The lowest BCUT2D eigenvalue weighted by molar-refractivity contribution is -0.392. The predicted molar refractivity (Wildman–Crippen MR) is 163 cm³/mol. The number of hydrogen-bond donors (Lipinski definition) is 0. The molecule has 1 aliphatic carbocycles. The van der Waals surface area contributed by atoms with Gasteiger partial charge in [-0.1, -0.05) is 30.3 Å². The number of rotatable bonds is 10. The van der Waals surface area contributed by atoms with Crippen LogP contribution < -0.4 is 0 Å². The summed E-state index contributed by atoms with van der Waals surface area (Å²) < 4.78 is 166. The molecule has 16 heteroatoms. The minimum Gasteiger partial charge on any atom is -0.462 e. The van der Waals surface area contributed by atoms with Gasteiger partial charge in [0.15, 0.2) is 9.84 Å². The van der Waals surface area contributed by atoms with Gasteiger partial charge in [0, 0.05) is 23.5 Å². The summed E-state index contributed by atoms with van der Waals surface area (Å²) >= 11 is 0. The van der Waals surface area contributed by atoms with Gasteiger partial charge < -0.3 is 9.47 Å². The zero-order valence-electron chi connectivity index (χ0n) is 26.3. The standard InChI is InChI=1S/C35H28F9NO5S/c36-25-8-10-27(11-9-25)51(47,48)32(16-12-26(13-17-32)50-31(46)20-22-14-18-45-19-15-22)23-4-6-24(7-5-23)33(34(39,40)41,35(42,43)44)49-21-28-29(37)2-1-3-30(28)38/h1-11,14-15,18-19,26H,12-13,16-17,20-21H2. The fourth-order valence-electron chi connectivity index (χ4n) is 6.22. The van der Waals surface area contributed by atoms with E-state index in [0.717, 1.165) is 42.5 Å². The third-order valence-electron chi connectivity index (χ3n) is 8.89. The summed E-state index contributed by atoms with van der Waals surface area (Å²) in [5.41, 5.74) is -7.38. The molecule has 1 saturated carbocycles. The molecule has 51 heavy (non-hydrogen) atoms. The van der Waals surface area contributed by atoms with Crippen molar-refractivity contribution in [2.45, 2.75) is 72.4 Å². The Morgan fingerprint density at radius 3 is 1.86 bits per heavy atom. The highest BCUT2D eigenvalue weighted by molar-refractivity contribution is 7.92. The topological polar surface area (TPSA) is 82.6 Å². The molecule has 4 aromatic rings. The molecule has 0 aliphatic heterocycles. The summed E-state index contributed by atoms with van der Waals surface area (Å²) in [7, 11) is -4.53. The molecule has 3 aromatic carbocycles. The van der Waals surface area contributed by atoms with E-state index in [1.54, 1.807) is 12.1 Å². The Morgan fingerprint density at radius 2 is 1.33 bits per heavy atom. The molecule has 272 valence electrons.